The summed E-state index contributed by atoms with van der Waals surface area (Å²) in [4.78, 5) is 39.5. The Morgan fingerprint density at radius 3 is 0.880 bits per heavy atom. The summed E-state index contributed by atoms with van der Waals surface area (Å²) < 4.78 is 11.3. The molecule has 2 fully saturated rings. The maximum absolute atomic E-state index is 15.7. The number of amides is 4. The molecule has 0 spiro atoms. The van der Waals surface area contributed by atoms with Gasteiger partial charge in [-0.05, 0) is 146 Å². The van der Waals surface area contributed by atoms with Gasteiger partial charge in [0.2, 0.25) is 0 Å². The molecule has 0 unspecified atom stereocenters. The van der Waals surface area contributed by atoms with E-state index in [9.17, 15) is 0 Å². The molecule has 4 amide bonds. The van der Waals surface area contributed by atoms with Gasteiger partial charge in [-0.3, -0.25) is 19.6 Å². The lowest BCUT2D eigenvalue weighted by Crippen LogP contribution is -2.62. The summed E-state index contributed by atoms with van der Waals surface area (Å²) in [6.07, 6.45) is 0. The number of fused-ring (bicyclic) bond motifs is 2. The summed E-state index contributed by atoms with van der Waals surface area (Å²) in [5.41, 5.74) is 13.4. The van der Waals surface area contributed by atoms with Crippen LogP contribution in [0.2, 0.25) is 0 Å². The highest BCUT2D eigenvalue weighted by atomic mass is 16.5. The van der Waals surface area contributed by atoms with E-state index >= 15 is 9.59 Å². The van der Waals surface area contributed by atoms with Crippen molar-refractivity contribution in [1.82, 2.24) is 19.6 Å². The monoisotopic (exact) mass is 670 g/mol. The zero-order chi connectivity index (χ0) is 35.6. The highest BCUT2D eigenvalue weighted by Crippen LogP contribution is 2.66. The van der Waals surface area contributed by atoms with E-state index in [-0.39, 0.29) is 12.1 Å². The molecule has 0 saturated carbocycles. The Labute approximate surface area is 295 Å². The first-order valence-electron chi connectivity index (χ1n) is 17.5. The molecule has 0 radical (unpaired) electrons. The predicted octanol–water partition coefficient (Wildman–Crippen LogP) is 8.08. The second-order valence-corrected chi connectivity index (χ2v) is 14.6. The quantitative estimate of drug-likeness (QED) is 0.220. The molecule has 0 atom stereocenters. The van der Waals surface area contributed by atoms with Gasteiger partial charge in [0.1, 0.15) is 11.5 Å². The van der Waals surface area contributed by atoms with Crippen molar-refractivity contribution in [3.05, 3.63) is 126 Å². The Kier molecular flexibility index (Phi) is 6.94. The molecule has 0 bridgehead atoms. The van der Waals surface area contributed by atoms with E-state index in [0.717, 1.165) is 33.4 Å². The Hall–Kier alpha value is -4.98. The highest BCUT2D eigenvalue weighted by Gasteiger charge is 2.80. The van der Waals surface area contributed by atoms with Gasteiger partial charge >= 0.3 is 12.1 Å². The van der Waals surface area contributed by atoms with Gasteiger partial charge in [0, 0.05) is 11.1 Å². The van der Waals surface area contributed by atoms with Crippen LogP contribution < -0.4 is 9.47 Å². The van der Waals surface area contributed by atoms with Crippen LogP contribution >= 0.6 is 0 Å². The molecule has 0 aromatic heterocycles. The molecule has 4 aliphatic rings. The number of nitrogens with zero attached hydrogens (tertiary/aromatic N) is 4. The van der Waals surface area contributed by atoms with Crippen molar-refractivity contribution in [2.24, 2.45) is 0 Å². The molecular weight excluding hydrogens is 624 g/mol. The number of urea groups is 2. The smallest absolute Gasteiger partial charge is 0.325 e. The third-order valence-electron chi connectivity index (χ3n) is 13.1. The minimum atomic E-state index is -1.23. The topological polar surface area (TPSA) is 65.6 Å². The second-order valence-electron chi connectivity index (χ2n) is 14.6. The first-order valence-corrected chi connectivity index (χ1v) is 17.5. The average Bonchev–Trinajstić information content (AvgIpc) is 3.29. The van der Waals surface area contributed by atoms with Crippen LogP contribution in [0, 0.1) is 55.4 Å². The standard InChI is InChI=1S/C42H46N4O4/c1-23-24(2)28(6)36-20-44-40(48)46-22-38-30(8)26(4)25(3)29(7)37(38)21-45-39(47)43(19-35(36)27(23)5)41(44,31-11-15-33(49-9)16-12-31)42(45,46)32-13-17-34(50-10)18-14-32/h11-18H,19-22H2,1-10H3. The number of hydrogen-bond donors (Lipinski definition) is 0. The van der Waals surface area contributed by atoms with Gasteiger partial charge in [0.15, 0.2) is 11.3 Å². The third-order valence-corrected chi connectivity index (χ3v) is 13.1. The molecule has 2 saturated heterocycles. The molecule has 8 rings (SSSR count). The minimum absolute atomic E-state index is 0.0922. The van der Waals surface area contributed by atoms with Crippen LogP contribution in [0.1, 0.15) is 77.9 Å². The zero-order valence-corrected chi connectivity index (χ0v) is 30.9. The van der Waals surface area contributed by atoms with Gasteiger partial charge in [-0.25, -0.2) is 9.59 Å². The molecule has 4 aliphatic heterocycles. The zero-order valence-electron chi connectivity index (χ0n) is 30.9. The van der Waals surface area contributed by atoms with Crippen LogP contribution in [0.5, 0.6) is 11.5 Å². The first kappa shape index (κ1) is 32.2. The number of ether oxygens (including phenoxy) is 2. The summed E-state index contributed by atoms with van der Waals surface area (Å²) in [7, 11) is 3.31. The molecule has 0 aliphatic carbocycles. The number of carbonyl (C=O) groups excluding carboxylic acids is 2. The van der Waals surface area contributed by atoms with Gasteiger partial charge in [0.05, 0.1) is 40.4 Å². The van der Waals surface area contributed by atoms with Crippen molar-refractivity contribution in [3.8, 4) is 11.5 Å². The van der Waals surface area contributed by atoms with Crippen LogP contribution in [-0.4, -0.2) is 45.9 Å². The molecule has 4 aromatic carbocycles. The Morgan fingerprint density at radius 1 is 0.420 bits per heavy atom. The maximum atomic E-state index is 15.7. The van der Waals surface area contributed by atoms with Crippen molar-refractivity contribution in [1.29, 1.82) is 0 Å². The van der Waals surface area contributed by atoms with Crippen molar-refractivity contribution >= 4 is 12.1 Å². The van der Waals surface area contributed by atoms with E-state index in [0.29, 0.717) is 37.7 Å². The maximum Gasteiger partial charge on any atom is 0.325 e. The Bertz CT molecular complexity index is 1890. The van der Waals surface area contributed by atoms with Crippen molar-refractivity contribution in [2.75, 3.05) is 14.2 Å². The fourth-order valence-corrected chi connectivity index (χ4v) is 9.71. The van der Waals surface area contributed by atoms with Gasteiger partial charge in [-0.2, -0.15) is 0 Å². The van der Waals surface area contributed by atoms with Gasteiger partial charge < -0.3 is 9.47 Å². The molecule has 50 heavy (non-hydrogen) atoms. The largest absolute Gasteiger partial charge is 0.497 e. The number of benzene rings is 4. The molecule has 258 valence electrons. The van der Waals surface area contributed by atoms with Crippen LogP contribution in [-0.2, 0) is 37.5 Å². The normalized spacial score (nSPS) is 22.0. The lowest BCUT2D eigenvalue weighted by Gasteiger charge is -2.49. The minimum Gasteiger partial charge on any atom is -0.497 e. The summed E-state index contributed by atoms with van der Waals surface area (Å²) >= 11 is 0. The van der Waals surface area contributed by atoms with E-state index < -0.39 is 11.3 Å². The molecule has 8 heteroatoms. The Balaban J connectivity index is 1.53. The van der Waals surface area contributed by atoms with E-state index in [2.05, 4.69) is 55.4 Å². The lowest BCUT2D eigenvalue weighted by molar-refractivity contribution is -0.0794. The predicted molar refractivity (Wildman–Crippen MR) is 193 cm³/mol. The fourth-order valence-electron chi connectivity index (χ4n) is 9.71. The SMILES string of the molecule is COc1ccc(C23N4Cc5c(C)c(C)c(C)c(C)c5CN2C(=O)N2Cc5c(C)c(C)c(C)c(C)c5CN(C4=O)C23c2ccc(OC)cc2)cc1. The fraction of sp³-hybridized carbons (Fsp3) is 0.381. The molecular formula is C42H46N4O4. The van der Waals surface area contributed by atoms with E-state index in [1.54, 1.807) is 14.2 Å². The van der Waals surface area contributed by atoms with Crippen molar-refractivity contribution in [3.63, 3.8) is 0 Å². The van der Waals surface area contributed by atoms with E-state index in [4.69, 9.17) is 9.47 Å². The van der Waals surface area contributed by atoms with Gasteiger partial charge in [0.25, 0.3) is 0 Å². The van der Waals surface area contributed by atoms with E-state index in [1.807, 2.05) is 68.1 Å². The van der Waals surface area contributed by atoms with Gasteiger partial charge in [-0.15, -0.1) is 0 Å². The first-order chi connectivity index (χ1) is 23.9. The summed E-state index contributed by atoms with van der Waals surface area (Å²) in [5, 5.41) is 0. The Morgan fingerprint density at radius 2 is 0.660 bits per heavy atom. The van der Waals surface area contributed by atoms with E-state index in [1.165, 1.54) is 44.5 Å². The molecule has 4 heterocycles. The van der Waals surface area contributed by atoms with Gasteiger partial charge in [-0.1, -0.05) is 24.3 Å². The van der Waals surface area contributed by atoms with Crippen LogP contribution in [0.3, 0.4) is 0 Å². The van der Waals surface area contributed by atoms with Crippen molar-refractivity contribution in [2.45, 2.75) is 92.9 Å². The molecule has 0 N–H and O–H groups in total. The number of hydrogen-bond acceptors (Lipinski definition) is 4. The number of rotatable bonds is 4. The average molecular weight is 671 g/mol. The number of methoxy groups -OCH3 is 2. The van der Waals surface area contributed by atoms with Crippen molar-refractivity contribution < 1.29 is 19.1 Å². The third kappa shape index (κ3) is 3.66. The lowest BCUT2D eigenvalue weighted by atomic mass is 9.79. The number of carbonyl (C=O) groups is 2. The van der Waals surface area contributed by atoms with Crippen LogP contribution in [0.25, 0.3) is 0 Å². The van der Waals surface area contributed by atoms with Crippen LogP contribution in [0.15, 0.2) is 48.5 Å². The molecule has 8 nitrogen and oxygen atoms in total. The summed E-state index contributed by atoms with van der Waals surface area (Å²) in [6.45, 7) is 18.8. The summed E-state index contributed by atoms with van der Waals surface area (Å²) in [5.74, 6) is 1.43. The highest BCUT2D eigenvalue weighted by molar-refractivity contribution is 5.91. The summed E-state index contributed by atoms with van der Waals surface area (Å²) in [6, 6.07) is 15.8. The van der Waals surface area contributed by atoms with Crippen LogP contribution in [0.4, 0.5) is 9.59 Å². The second kappa shape index (κ2) is 10.8. The molecule has 4 aromatic rings.